The Morgan fingerprint density at radius 2 is 1.10 bits per heavy atom. The van der Waals surface area contributed by atoms with Crippen molar-refractivity contribution in [1.82, 2.24) is 0 Å². The molecule has 0 aliphatic carbocycles. The molecule has 0 amide bonds. The molecule has 0 fully saturated rings. The van der Waals surface area contributed by atoms with Gasteiger partial charge in [-0.15, -0.1) is 0 Å². The van der Waals surface area contributed by atoms with Crippen molar-refractivity contribution in [2.45, 2.75) is 6.68 Å². The van der Waals surface area contributed by atoms with Crippen LogP contribution in [0.4, 0.5) is 13.2 Å². The number of halogens is 3. The van der Waals surface area contributed by atoms with E-state index in [0.29, 0.717) is 0 Å². The number of hydrogen-bond acceptors (Lipinski definition) is 2. The Balaban J connectivity index is -0.0000000910. The van der Waals surface area contributed by atoms with Gasteiger partial charge in [0.25, 0.3) is 0 Å². The van der Waals surface area contributed by atoms with Gasteiger partial charge in [0, 0.05) is 0 Å². The Hall–Kier alpha value is 0.01000. The molecule has 0 rings (SSSR count). The Kier molecular flexibility index (Phi) is 11.8. The lowest BCUT2D eigenvalue weighted by molar-refractivity contribution is 0.00819. The molecule has 0 aliphatic rings. The molecule has 4 nitrogen and oxygen atoms in total. The largest absolute Gasteiger partial charge is 0.394 e. The van der Waals surface area contributed by atoms with Gasteiger partial charge in [-0.05, 0) is 0 Å². The Morgan fingerprint density at radius 3 is 1.10 bits per heavy atom. The predicted molar refractivity (Wildman–Crippen MR) is 31.7 cm³/mol. The van der Waals surface area contributed by atoms with Crippen LogP contribution in [0.5, 0.6) is 0 Å². The minimum Gasteiger partial charge on any atom is -0.264 e. The second-order valence-electron chi connectivity index (χ2n) is 0.695. The lowest BCUT2D eigenvalue weighted by Gasteiger charge is -1.68. The molecule has 0 unspecified atom stereocenters. The summed E-state index contributed by atoms with van der Waals surface area (Å²) in [6, 6.07) is 0. The molecule has 0 aromatic heterocycles. The summed E-state index contributed by atoms with van der Waals surface area (Å²) in [6.45, 7) is -3.67. The van der Waals surface area contributed by atoms with Crippen LogP contribution in [0.1, 0.15) is 0 Å². The van der Waals surface area contributed by atoms with Crippen LogP contribution in [0.25, 0.3) is 0 Å². The monoisotopic (exact) mass is 202 g/mol. The Morgan fingerprint density at radius 1 is 1.10 bits per heavy atom. The second kappa shape index (κ2) is 7.12. The van der Waals surface area contributed by atoms with E-state index in [9.17, 15) is 13.2 Å². The molecule has 0 heterocycles. The van der Waals surface area contributed by atoms with Gasteiger partial charge in [-0.1, -0.05) is 0 Å². The summed E-state index contributed by atoms with van der Waals surface area (Å²) in [5, 5.41) is 0. The van der Waals surface area contributed by atoms with Crippen LogP contribution in [0.2, 0.25) is 0 Å². The van der Waals surface area contributed by atoms with E-state index in [-0.39, 0.29) is 13.5 Å². The Labute approximate surface area is 62.1 Å². The zero-order chi connectivity index (χ0) is 8.08. The van der Waals surface area contributed by atoms with Gasteiger partial charge in [-0.3, -0.25) is 9.11 Å². The van der Waals surface area contributed by atoms with Crippen LogP contribution in [-0.2, 0) is 10.4 Å². The molecule has 66 valence electrons. The maximum atomic E-state index is 9.67. The molecule has 0 saturated carbocycles. The van der Waals surface area contributed by atoms with Crippen LogP contribution in [0.3, 0.4) is 0 Å². The summed E-state index contributed by atoms with van der Waals surface area (Å²) in [5.41, 5.74) is 0. The highest BCUT2D eigenvalue weighted by Gasteiger charge is 1.86. The van der Waals surface area contributed by atoms with Crippen LogP contribution >= 0.6 is 13.5 Å². The molecule has 10 heavy (non-hydrogen) atoms. The fraction of sp³-hybridized carbons (Fsp3) is 1.00. The molecular weight excluding hydrogens is 197 g/mol. The SMILES string of the molecule is FC(F)F.O=S(=O)(O)O.S. The lowest BCUT2D eigenvalue weighted by Crippen LogP contribution is -1.89. The average Bonchev–Trinajstić information content (AvgIpc) is 1.19. The first kappa shape index (κ1) is 16.5. The first-order valence-corrected chi connectivity index (χ1v) is 2.75. The van der Waals surface area contributed by atoms with Gasteiger partial charge < -0.3 is 0 Å². The van der Waals surface area contributed by atoms with Crippen LogP contribution < -0.4 is 0 Å². The third-order valence-electron chi connectivity index (χ3n) is 0. The number of hydrogen-bond donors (Lipinski definition) is 2. The van der Waals surface area contributed by atoms with E-state index < -0.39 is 17.1 Å². The maximum Gasteiger partial charge on any atom is 0.394 e. The van der Waals surface area contributed by atoms with Crippen LogP contribution in [0.15, 0.2) is 0 Å². The third-order valence-corrected chi connectivity index (χ3v) is 0. The van der Waals surface area contributed by atoms with Crippen molar-refractivity contribution >= 4 is 23.9 Å². The lowest BCUT2D eigenvalue weighted by atomic mass is 11.6. The van der Waals surface area contributed by atoms with Crippen molar-refractivity contribution in [2.75, 3.05) is 0 Å². The van der Waals surface area contributed by atoms with Crippen molar-refractivity contribution in [3.05, 3.63) is 0 Å². The summed E-state index contributed by atoms with van der Waals surface area (Å²) >= 11 is 0. The van der Waals surface area contributed by atoms with E-state index in [1.54, 1.807) is 0 Å². The zero-order valence-corrected chi connectivity index (χ0v) is 6.15. The van der Waals surface area contributed by atoms with Gasteiger partial charge in [-0.25, -0.2) is 0 Å². The van der Waals surface area contributed by atoms with Crippen LogP contribution in [0, 0.1) is 0 Å². The van der Waals surface area contributed by atoms with E-state index in [1.165, 1.54) is 0 Å². The molecule has 2 N–H and O–H groups in total. The normalized spacial score (nSPS) is 9.40. The highest BCUT2D eigenvalue weighted by molar-refractivity contribution is 7.79. The second-order valence-corrected chi connectivity index (χ2v) is 1.59. The predicted octanol–water partition coefficient (Wildman–Crippen LogP) is 0.638. The summed E-state index contributed by atoms with van der Waals surface area (Å²) in [6.07, 6.45) is 0. The summed E-state index contributed by atoms with van der Waals surface area (Å²) in [7, 11) is -4.67. The zero-order valence-electron chi connectivity index (χ0n) is 4.33. The number of alkyl halides is 3. The average molecular weight is 202 g/mol. The van der Waals surface area contributed by atoms with E-state index in [0.717, 1.165) is 0 Å². The molecule has 0 atom stereocenters. The minimum absolute atomic E-state index is 0. The van der Waals surface area contributed by atoms with Gasteiger partial charge in [0.1, 0.15) is 0 Å². The van der Waals surface area contributed by atoms with Gasteiger partial charge in [0.05, 0.1) is 0 Å². The standard InChI is InChI=1S/CHF3.H2O4S.H2S/c2-1(3)4;1-5(2,3)4;/h1H;(H2,1,2,3,4);1H2. The smallest absolute Gasteiger partial charge is 0.264 e. The molecule has 0 aromatic carbocycles. The van der Waals surface area contributed by atoms with Gasteiger partial charge >= 0.3 is 17.1 Å². The topological polar surface area (TPSA) is 74.6 Å². The van der Waals surface area contributed by atoms with Gasteiger partial charge in [0.15, 0.2) is 0 Å². The summed E-state index contributed by atoms with van der Waals surface area (Å²) in [4.78, 5) is 0. The Bertz CT molecular complexity index is 130. The quantitative estimate of drug-likeness (QED) is 0.565. The first-order valence-electron chi connectivity index (χ1n) is 1.35. The van der Waals surface area contributed by atoms with Gasteiger partial charge in [0.2, 0.25) is 0 Å². The van der Waals surface area contributed by atoms with E-state index >= 15 is 0 Å². The summed E-state index contributed by atoms with van der Waals surface area (Å²) < 4.78 is 60.6. The van der Waals surface area contributed by atoms with E-state index in [4.69, 9.17) is 17.5 Å². The van der Waals surface area contributed by atoms with Crippen molar-refractivity contribution in [3.63, 3.8) is 0 Å². The van der Waals surface area contributed by atoms with Crippen molar-refractivity contribution in [2.24, 2.45) is 0 Å². The maximum absolute atomic E-state index is 9.67. The molecule has 0 spiro atoms. The van der Waals surface area contributed by atoms with Crippen molar-refractivity contribution in [1.29, 1.82) is 0 Å². The molecule has 0 radical (unpaired) electrons. The highest BCUT2D eigenvalue weighted by atomic mass is 32.3. The molecule has 0 aromatic rings. The molecule has 0 aliphatic heterocycles. The summed E-state index contributed by atoms with van der Waals surface area (Å²) in [5.74, 6) is 0. The molecule has 0 bridgehead atoms. The van der Waals surface area contributed by atoms with Crippen molar-refractivity contribution < 1.29 is 30.7 Å². The molecule has 0 saturated heterocycles. The van der Waals surface area contributed by atoms with Crippen molar-refractivity contribution in [3.8, 4) is 0 Å². The highest BCUT2D eigenvalue weighted by Crippen LogP contribution is 1.87. The van der Waals surface area contributed by atoms with E-state index in [2.05, 4.69) is 0 Å². The fourth-order valence-electron chi connectivity index (χ4n) is 0. The van der Waals surface area contributed by atoms with E-state index in [1.807, 2.05) is 0 Å². The van der Waals surface area contributed by atoms with Crippen LogP contribution in [-0.4, -0.2) is 24.2 Å². The third kappa shape index (κ3) is 3940000. The molecular formula is CH5F3O4S2. The fourth-order valence-corrected chi connectivity index (χ4v) is 0. The number of rotatable bonds is 0. The minimum atomic E-state index is -4.67. The first-order chi connectivity index (χ1) is 3.73. The molecule has 9 heteroatoms. The van der Waals surface area contributed by atoms with Gasteiger partial charge in [-0.2, -0.15) is 35.1 Å².